The lowest BCUT2D eigenvalue weighted by atomic mass is 10.1. The van der Waals surface area contributed by atoms with Crippen LogP contribution in [0.15, 0.2) is 24.8 Å². The van der Waals surface area contributed by atoms with E-state index in [4.69, 9.17) is 4.74 Å². The zero-order valence-corrected chi connectivity index (χ0v) is 11.7. The zero-order chi connectivity index (χ0) is 14.3. The van der Waals surface area contributed by atoms with E-state index in [9.17, 15) is 4.79 Å². The van der Waals surface area contributed by atoms with Crippen molar-refractivity contribution in [3.63, 3.8) is 0 Å². The maximum absolute atomic E-state index is 12.1. The number of amides is 1. The van der Waals surface area contributed by atoms with Crippen LogP contribution in [-0.4, -0.2) is 31.2 Å². The molecule has 1 amide bonds. The van der Waals surface area contributed by atoms with Gasteiger partial charge < -0.3 is 4.74 Å². The third kappa shape index (κ3) is 2.24. The van der Waals surface area contributed by atoms with Gasteiger partial charge in [0.15, 0.2) is 0 Å². The van der Waals surface area contributed by atoms with Crippen molar-refractivity contribution >= 4 is 17.7 Å². The minimum atomic E-state index is -0.506. The van der Waals surface area contributed by atoms with Gasteiger partial charge in [0.05, 0.1) is 24.0 Å². The molecule has 0 spiro atoms. The number of carbonyl (C=O) groups excluding carboxylic acids is 1. The van der Waals surface area contributed by atoms with Crippen molar-refractivity contribution in [3.8, 4) is 0 Å². The molecule has 0 radical (unpaired) electrons. The third-order valence-corrected chi connectivity index (χ3v) is 2.94. The number of nitrogens with zero attached hydrogens (tertiary/aromatic N) is 4. The Kier molecular flexibility index (Phi) is 2.74. The molecule has 20 heavy (non-hydrogen) atoms. The first-order valence-corrected chi connectivity index (χ1v) is 6.43. The average molecular weight is 272 g/mol. The van der Waals surface area contributed by atoms with Gasteiger partial charge in [-0.2, -0.15) is 5.10 Å². The molecule has 2 aromatic rings. The van der Waals surface area contributed by atoms with Crippen molar-refractivity contribution in [1.29, 1.82) is 0 Å². The molecule has 3 rings (SSSR count). The maximum Gasteiger partial charge on any atom is 0.414 e. The van der Waals surface area contributed by atoms with E-state index in [0.717, 1.165) is 16.8 Å². The quantitative estimate of drug-likeness (QED) is 0.739. The number of rotatable bonds is 0. The molecule has 1 aliphatic rings. The molecule has 104 valence electrons. The van der Waals surface area contributed by atoms with Crippen molar-refractivity contribution < 1.29 is 9.53 Å². The molecule has 1 aliphatic heterocycles. The van der Waals surface area contributed by atoms with Crippen LogP contribution in [0.3, 0.4) is 0 Å². The normalized spacial score (nSPS) is 14.4. The van der Waals surface area contributed by atoms with Gasteiger partial charge in [0.25, 0.3) is 0 Å². The second-order valence-electron chi connectivity index (χ2n) is 5.69. The lowest BCUT2D eigenvalue weighted by Crippen LogP contribution is -2.34. The number of hydrogen-bond acceptors (Lipinski definition) is 4. The first kappa shape index (κ1) is 12.7. The van der Waals surface area contributed by atoms with Crippen molar-refractivity contribution in [1.82, 2.24) is 19.5 Å². The molecule has 2 aromatic heterocycles. The maximum atomic E-state index is 12.1. The molecule has 0 aliphatic carbocycles. The van der Waals surface area contributed by atoms with Gasteiger partial charge in [-0.25, -0.2) is 9.31 Å². The van der Waals surface area contributed by atoms with Crippen LogP contribution in [-0.2, 0) is 11.3 Å². The molecular weight excluding hydrogens is 256 g/mol. The van der Waals surface area contributed by atoms with Gasteiger partial charge in [-0.1, -0.05) is 0 Å². The summed E-state index contributed by atoms with van der Waals surface area (Å²) < 4.78 is 7.14. The molecule has 0 N–H and O–H groups in total. The summed E-state index contributed by atoms with van der Waals surface area (Å²) >= 11 is 0. The van der Waals surface area contributed by atoms with E-state index in [2.05, 4.69) is 10.1 Å². The fourth-order valence-electron chi connectivity index (χ4n) is 2.09. The van der Waals surface area contributed by atoms with Crippen molar-refractivity contribution in [3.05, 3.63) is 36.0 Å². The van der Waals surface area contributed by atoms with Gasteiger partial charge in [0.2, 0.25) is 0 Å². The topological polar surface area (TPSA) is 59.7 Å². The predicted molar refractivity (Wildman–Crippen MR) is 73.8 cm³/mol. The summed E-state index contributed by atoms with van der Waals surface area (Å²) in [7, 11) is 0. The third-order valence-electron chi connectivity index (χ3n) is 2.94. The highest BCUT2D eigenvalue weighted by Gasteiger charge is 2.25. The molecule has 6 nitrogen and oxygen atoms in total. The van der Waals surface area contributed by atoms with Gasteiger partial charge in [-0.3, -0.25) is 9.88 Å². The highest BCUT2D eigenvalue weighted by molar-refractivity contribution is 5.74. The van der Waals surface area contributed by atoms with Crippen LogP contribution in [0.2, 0.25) is 0 Å². The number of ether oxygens (including phenoxy) is 1. The Bertz CT molecular complexity index is 697. The Balaban J connectivity index is 1.90. The van der Waals surface area contributed by atoms with Crippen LogP contribution in [0.1, 0.15) is 32.0 Å². The second kappa shape index (κ2) is 4.33. The van der Waals surface area contributed by atoms with E-state index >= 15 is 0 Å². The summed E-state index contributed by atoms with van der Waals surface area (Å²) in [6.45, 7) is 5.99. The van der Waals surface area contributed by atoms with E-state index in [0.29, 0.717) is 6.54 Å². The Morgan fingerprint density at radius 2 is 2.20 bits per heavy atom. The Hall–Kier alpha value is -2.37. The largest absolute Gasteiger partial charge is 0.443 e. The number of aromatic nitrogens is 3. The summed E-state index contributed by atoms with van der Waals surface area (Å²) in [6, 6.07) is 0. The Labute approximate surface area is 116 Å². The van der Waals surface area contributed by atoms with Gasteiger partial charge >= 0.3 is 6.09 Å². The summed E-state index contributed by atoms with van der Waals surface area (Å²) in [5.41, 5.74) is 2.23. The fourth-order valence-corrected chi connectivity index (χ4v) is 2.09. The monoisotopic (exact) mass is 272 g/mol. The summed E-state index contributed by atoms with van der Waals surface area (Å²) in [5, 5.41) is 4.43. The molecule has 0 unspecified atom stereocenters. The lowest BCUT2D eigenvalue weighted by Gasteiger charge is -2.26. The highest BCUT2D eigenvalue weighted by Crippen LogP contribution is 2.24. The van der Waals surface area contributed by atoms with Crippen LogP contribution in [0, 0.1) is 0 Å². The van der Waals surface area contributed by atoms with E-state index in [1.807, 2.05) is 26.8 Å². The molecular formula is C14H16N4O2. The minimum Gasteiger partial charge on any atom is -0.443 e. The zero-order valence-electron chi connectivity index (χ0n) is 11.7. The molecule has 0 aromatic carbocycles. The minimum absolute atomic E-state index is 0.359. The Morgan fingerprint density at radius 3 is 2.95 bits per heavy atom. The average Bonchev–Trinajstić information content (AvgIpc) is 2.74. The van der Waals surface area contributed by atoms with E-state index in [1.165, 1.54) is 0 Å². The van der Waals surface area contributed by atoms with E-state index in [1.54, 1.807) is 34.2 Å². The number of hydrogen-bond donors (Lipinski definition) is 0. The van der Waals surface area contributed by atoms with Crippen LogP contribution in [0.4, 0.5) is 4.79 Å². The molecule has 0 bridgehead atoms. The predicted octanol–water partition coefficient (Wildman–Crippen LogP) is 2.45. The molecule has 0 saturated carbocycles. The van der Waals surface area contributed by atoms with Crippen molar-refractivity contribution in [2.75, 3.05) is 0 Å². The summed E-state index contributed by atoms with van der Waals surface area (Å²) in [5.74, 6) is 0. The van der Waals surface area contributed by atoms with Crippen LogP contribution in [0.25, 0.3) is 11.6 Å². The molecule has 6 heteroatoms. The van der Waals surface area contributed by atoms with E-state index in [-0.39, 0.29) is 6.09 Å². The summed E-state index contributed by atoms with van der Waals surface area (Å²) in [4.78, 5) is 17.7. The first-order valence-electron chi connectivity index (χ1n) is 6.43. The van der Waals surface area contributed by atoms with Crippen LogP contribution in [0.5, 0.6) is 0 Å². The van der Waals surface area contributed by atoms with Gasteiger partial charge in [0, 0.05) is 24.2 Å². The number of fused-ring (bicyclic) bond motifs is 3. The standard InChI is InChI=1S/C14H16N4O2/c1-14(2,3)20-13(19)17-6-4-11-10(9-17)12-8-15-5-7-18(12)16-11/h4-8H,9H2,1-3H3. The van der Waals surface area contributed by atoms with Crippen molar-refractivity contribution in [2.45, 2.75) is 32.9 Å². The first-order chi connectivity index (χ1) is 9.44. The van der Waals surface area contributed by atoms with Gasteiger partial charge in [0.1, 0.15) is 5.60 Å². The SMILES string of the molecule is CC(C)(C)OC(=O)N1C=Cc2nn3ccncc3c2C1. The highest BCUT2D eigenvalue weighted by atomic mass is 16.6. The van der Waals surface area contributed by atoms with Crippen LogP contribution < -0.4 is 0 Å². The molecule has 0 fully saturated rings. The van der Waals surface area contributed by atoms with Gasteiger partial charge in [-0.15, -0.1) is 0 Å². The van der Waals surface area contributed by atoms with Crippen LogP contribution >= 0.6 is 0 Å². The van der Waals surface area contributed by atoms with Crippen molar-refractivity contribution in [2.24, 2.45) is 0 Å². The fraction of sp³-hybridized carbons (Fsp3) is 0.357. The molecule has 3 heterocycles. The Morgan fingerprint density at radius 1 is 1.40 bits per heavy atom. The summed E-state index contributed by atoms with van der Waals surface area (Å²) in [6.07, 6.45) is 8.38. The van der Waals surface area contributed by atoms with E-state index < -0.39 is 5.60 Å². The van der Waals surface area contributed by atoms with Gasteiger partial charge in [-0.05, 0) is 26.8 Å². The molecule has 0 saturated heterocycles. The smallest absolute Gasteiger partial charge is 0.414 e. The molecule has 0 atom stereocenters. The second-order valence-corrected chi connectivity index (χ2v) is 5.69. The lowest BCUT2D eigenvalue weighted by molar-refractivity contribution is 0.0323. The number of carbonyl (C=O) groups is 1.